The van der Waals surface area contributed by atoms with E-state index in [1.165, 1.54) is 12.1 Å². The maximum Gasteiger partial charge on any atom is 0.177 e. The molecule has 0 radical (unpaired) electrons. The first-order chi connectivity index (χ1) is 8.82. The second kappa shape index (κ2) is 6.16. The number of aldehydes is 1. The number of methoxy groups -OCH3 is 1. The molecule has 0 saturated carbocycles. The molecule has 19 heavy (non-hydrogen) atoms. The van der Waals surface area contributed by atoms with Gasteiger partial charge in [-0.2, -0.15) is 0 Å². The smallest absolute Gasteiger partial charge is 0.177 e. The number of carbonyl (C=O) groups is 1. The highest BCUT2D eigenvalue weighted by atomic mass is 32.2. The van der Waals surface area contributed by atoms with Gasteiger partial charge in [0.05, 0.1) is 17.2 Å². The SMILES string of the molecule is COCCN(C)c1c(S(C)(=O)=O)ccc(C=O)c1C. The van der Waals surface area contributed by atoms with Crippen molar-refractivity contribution in [1.29, 1.82) is 0 Å². The maximum atomic E-state index is 11.8. The molecule has 0 saturated heterocycles. The molecule has 0 fully saturated rings. The Hall–Kier alpha value is -1.40. The van der Waals surface area contributed by atoms with E-state index in [0.717, 1.165) is 12.5 Å². The van der Waals surface area contributed by atoms with Crippen LogP contribution < -0.4 is 4.90 Å². The van der Waals surface area contributed by atoms with Crippen LogP contribution in [0.1, 0.15) is 15.9 Å². The predicted octanol–water partition coefficient (Wildman–Crippen LogP) is 1.29. The summed E-state index contributed by atoms with van der Waals surface area (Å²) in [5.74, 6) is 0. The Balaban J connectivity index is 3.42. The molecule has 0 amide bonds. The lowest BCUT2D eigenvalue weighted by molar-refractivity contribution is 0.112. The summed E-state index contributed by atoms with van der Waals surface area (Å²) in [5.41, 5.74) is 1.72. The van der Waals surface area contributed by atoms with E-state index < -0.39 is 9.84 Å². The molecule has 0 spiro atoms. The monoisotopic (exact) mass is 285 g/mol. The van der Waals surface area contributed by atoms with Crippen LogP contribution in [0.4, 0.5) is 5.69 Å². The van der Waals surface area contributed by atoms with Gasteiger partial charge in [0.2, 0.25) is 0 Å². The number of nitrogens with zero attached hydrogens (tertiary/aromatic N) is 1. The van der Waals surface area contributed by atoms with Gasteiger partial charge < -0.3 is 9.64 Å². The average Bonchev–Trinajstić information content (AvgIpc) is 2.34. The first-order valence-electron chi connectivity index (χ1n) is 5.81. The fourth-order valence-electron chi connectivity index (χ4n) is 1.93. The third kappa shape index (κ3) is 3.54. The molecule has 0 unspecified atom stereocenters. The lowest BCUT2D eigenvalue weighted by atomic mass is 10.1. The number of ether oxygens (including phenoxy) is 1. The predicted molar refractivity (Wildman–Crippen MR) is 74.8 cm³/mol. The van der Waals surface area contributed by atoms with Gasteiger partial charge in [0.25, 0.3) is 0 Å². The second-order valence-electron chi connectivity index (χ2n) is 4.43. The molecule has 1 rings (SSSR count). The van der Waals surface area contributed by atoms with Crippen molar-refractivity contribution in [3.63, 3.8) is 0 Å². The molecule has 0 bridgehead atoms. The summed E-state index contributed by atoms with van der Waals surface area (Å²) in [6.07, 6.45) is 1.89. The van der Waals surface area contributed by atoms with Gasteiger partial charge in [0.15, 0.2) is 9.84 Å². The number of hydrogen-bond acceptors (Lipinski definition) is 5. The zero-order valence-electron chi connectivity index (χ0n) is 11.6. The summed E-state index contributed by atoms with van der Waals surface area (Å²) in [7, 11) is 0.0163. The summed E-state index contributed by atoms with van der Waals surface area (Å²) in [5, 5.41) is 0. The lowest BCUT2D eigenvalue weighted by Crippen LogP contribution is -2.25. The molecular formula is C13H19NO4S. The first-order valence-corrected chi connectivity index (χ1v) is 7.71. The van der Waals surface area contributed by atoms with Gasteiger partial charge in [-0.3, -0.25) is 4.79 Å². The Morgan fingerprint density at radius 3 is 2.47 bits per heavy atom. The number of benzene rings is 1. The van der Waals surface area contributed by atoms with Crippen molar-refractivity contribution in [2.24, 2.45) is 0 Å². The highest BCUT2D eigenvalue weighted by Gasteiger charge is 2.20. The molecule has 6 heteroatoms. The minimum absolute atomic E-state index is 0.231. The molecule has 5 nitrogen and oxygen atoms in total. The third-order valence-corrected chi connectivity index (χ3v) is 4.10. The summed E-state index contributed by atoms with van der Waals surface area (Å²) in [6.45, 7) is 2.77. The molecule has 0 aliphatic rings. The Morgan fingerprint density at radius 2 is 2.00 bits per heavy atom. The van der Waals surface area contributed by atoms with E-state index in [9.17, 15) is 13.2 Å². The van der Waals surface area contributed by atoms with Crippen LogP contribution in [0, 0.1) is 6.92 Å². The van der Waals surface area contributed by atoms with Crippen LogP contribution in [-0.2, 0) is 14.6 Å². The van der Waals surface area contributed by atoms with E-state index in [-0.39, 0.29) is 4.90 Å². The van der Waals surface area contributed by atoms with Gasteiger partial charge in [-0.05, 0) is 24.6 Å². The van der Waals surface area contributed by atoms with E-state index in [2.05, 4.69) is 0 Å². The largest absolute Gasteiger partial charge is 0.383 e. The van der Waals surface area contributed by atoms with Crippen molar-refractivity contribution < 1.29 is 17.9 Å². The first kappa shape index (κ1) is 15.7. The van der Waals surface area contributed by atoms with Crippen LogP contribution in [0.3, 0.4) is 0 Å². The number of hydrogen-bond donors (Lipinski definition) is 0. The topological polar surface area (TPSA) is 63.7 Å². The van der Waals surface area contributed by atoms with Crippen LogP contribution >= 0.6 is 0 Å². The zero-order valence-corrected chi connectivity index (χ0v) is 12.5. The Labute approximate surface area is 114 Å². The fourth-order valence-corrected chi connectivity index (χ4v) is 2.91. The molecular weight excluding hydrogens is 266 g/mol. The molecule has 1 aromatic carbocycles. The van der Waals surface area contributed by atoms with Gasteiger partial charge in [-0.25, -0.2) is 8.42 Å². The van der Waals surface area contributed by atoms with Crippen molar-refractivity contribution >= 4 is 21.8 Å². The van der Waals surface area contributed by atoms with E-state index in [4.69, 9.17) is 4.74 Å². The Morgan fingerprint density at radius 1 is 1.37 bits per heavy atom. The van der Waals surface area contributed by atoms with Crippen LogP contribution in [0.15, 0.2) is 17.0 Å². The summed E-state index contributed by atoms with van der Waals surface area (Å²) < 4.78 is 28.7. The van der Waals surface area contributed by atoms with Crippen molar-refractivity contribution in [3.05, 3.63) is 23.3 Å². The zero-order chi connectivity index (χ0) is 14.6. The van der Waals surface area contributed by atoms with Gasteiger partial charge in [0.1, 0.15) is 6.29 Å². The van der Waals surface area contributed by atoms with E-state index >= 15 is 0 Å². The normalized spacial score (nSPS) is 11.4. The van der Waals surface area contributed by atoms with Crippen LogP contribution in [0.25, 0.3) is 0 Å². The summed E-state index contributed by atoms with van der Waals surface area (Å²) in [4.78, 5) is 13.0. The van der Waals surface area contributed by atoms with Crippen molar-refractivity contribution in [2.75, 3.05) is 38.5 Å². The summed E-state index contributed by atoms with van der Waals surface area (Å²) >= 11 is 0. The van der Waals surface area contributed by atoms with Crippen LogP contribution in [-0.4, -0.2) is 48.3 Å². The number of anilines is 1. The molecule has 1 aromatic rings. The van der Waals surface area contributed by atoms with Gasteiger partial charge in [-0.1, -0.05) is 0 Å². The minimum Gasteiger partial charge on any atom is -0.383 e. The Bertz CT molecular complexity index is 566. The number of carbonyl (C=O) groups excluding carboxylic acids is 1. The molecule has 0 heterocycles. The lowest BCUT2D eigenvalue weighted by Gasteiger charge is -2.24. The van der Waals surface area contributed by atoms with E-state index in [0.29, 0.717) is 30.0 Å². The summed E-state index contributed by atoms with van der Waals surface area (Å²) in [6, 6.07) is 3.01. The molecule has 0 atom stereocenters. The maximum absolute atomic E-state index is 11.8. The van der Waals surface area contributed by atoms with E-state index in [1.54, 1.807) is 26.0 Å². The van der Waals surface area contributed by atoms with Gasteiger partial charge in [0, 0.05) is 32.5 Å². The number of likely N-dealkylation sites (N-methyl/N-ethyl adjacent to an activating group) is 1. The van der Waals surface area contributed by atoms with Gasteiger partial charge >= 0.3 is 0 Å². The van der Waals surface area contributed by atoms with E-state index in [1.807, 2.05) is 0 Å². The average molecular weight is 285 g/mol. The standard InChI is InChI=1S/C13H19NO4S/c1-10-11(9-15)5-6-12(19(4,16)17)13(10)14(2)7-8-18-3/h5-6,9H,7-8H2,1-4H3. The number of rotatable bonds is 6. The third-order valence-electron chi connectivity index (χ3n) is 2.97. The molecule has 0 N–H and O–H groups in total. The Kier molecular flexibility index (Phi) is 5.08. The van der Waals surface area contributed by atoms with Crippen molar-refractivity contribution in [2.45, 2.75) is 11.8 Å². The van der Waals surface area contributed by atoms with Gasteiger partial charge in [-0.15, -0.1) is 0 Å². The molecule has 0 aromatic heterocycles. The molecule has 0 aliphatic heterocycles. The van der Waals surface area contributed by atoms with Crippen LogP contribution in [0.5, 0.6) is 0 Å². The highest BCUT2D eigenvalue weighted by Crippen LogP contribution is 2.30. The second-order valence-corrected chi connectivity index (χ2v) is 6.42. The van der Waals surface area contributed by atoms with Crippen LogP contribution in [0.2, 0.25) is 0 Å². The van der Waals surface area contributed by atoms with Crippen molar-refractivity contribution in [3.8, 4) is 0 Å². The highest BCUT2D eigenvalue weighted by molar-refractivity contribution is 7.90. The van der Waals surface area contributed by atoms with Crippen molar-refractivity contribution in [1.82, 2.24) is 0 Å². The fraction of sp³-hybridized carbons (Fsp3) is 0.462. The minimum atomic E-state index is -3.35. The molecule has 0 aliphatic carbocycles. The number of sulfone groups is 1. The molecule has 106 valence electrons. The quantitative estimate of drug-likeness (QED) is 0.737.